The fraction of sp³-hybridized carbons (Fsp3) is 0.625. The van der Waals surface area contributed by atoms with Crippen molar-refractivity contribution in [1.29, 1.82) is 0 Å². The van der Waals surface area contributed by atoms with Crippen molar-refractivity contribution in [3.8, 4) is 0 Å². The van der Waals surface area contributed by atoms with Gasteiger partial charge in [-0.1, -0.05) is 24.3 Å². The summed E-state index contributed by atoms with van der Waals surface area (Å²) in [6.07, 6.45) is 2.08. The van der Waals surface area contributed by atoms with E-state index in [0.29, 0.717) is 19.8 Å². The Balaban J connectivity index is 2.33. The molecule has 1 atom stereocenters. The predicted molar refractivity (Wildman–Crippen MR) is 75.1 cm³/mol. The van der Waals surface area contributed by atoms with Gasteiger partial charge in [-0.15, -0.1) is 0 Å². The molecule has 0 radical (unpaired) electrons. The Morgan fingerprint density at radius 1 is 1.00 bits per heavy atom. The van der Waals surface area contributed by atoms with Crippen LogP contribution in [0.4, 0.5) is 0 Å². The molecule has 0 N–H and O–H groups in total. The van der Waals surface area contributed by atoms with Crippen LogP contribution in [-0.4, -0.2) is 25.8 Å². The third kappa shape index (κ3) is 2.83. The lowest BCUT2D eigenvalue weighted by Gasteiger charge is -2.37. The zero-order valence-electron chi connectivity index (χ0n) is 12.1. The van der Waals surface area contributed by atoms with Crippen molar-refractivity contribution in [1.82, 2.24) is 0 Å². The number of hydrogen-bond acceptors (Lipinski definition) is 3. The predicted octanol–water partition coefficient (Wildman–Crippen LogP) is 3.48. The molecule has 0 saturated heterocycles. The van der Waals surface area contributed by atoms with Gasteiger partial charge in [0, 0.05) is 19.8 Å². The van der Waals surface area contributed by atoms with Crippen LogP contribution < -0.4 is 0 Å². The van der Waals surface area contributed by atoms with E-state index in [0.717, 1.165) is 12.8 Å². The Labute approximate surface area is 115 Å². The van der Waals surface area contributed by atoms with E-state index in [2.05, 4.69) is 24.3 Å². The zero-order valence-corrected chi connectivity index (χ0v) is 12.1. The van der Waals surface area contributed by atoms with Gasteiger partial charge in [-0.25, -0.2) is 0 Å². The van der Waals surface area contributed by atoms with Gasteiger partial charge < -0.3 is 14.2 Å². The maximum absolute atomic E-state index is 5.91. The maximum Gasteiger partial charge on any atom is 0.290 e. The molecule has 0 bridgehead atoms. The quantitative estimate of drug-likeness (QED) is 0.706. The van der Waals surface area contributed by atoms with Gasteiger partial charge in [0.05, 0.1) is 5.92 Å². The third-order valence-corrected chi connectivity index (χ3v) is 3.60. The first-order chi connectivity index (χ1) is 9.27. The molecule has 2 rings (SSSR count). The Morgan fingerprint density at radius 3 is 2.16 bits per heavy atom. The van der Waals surface area contributed by atoms with E-state index in [1.54, 1.807) is 0 Å². The Kier molecular flexibility index (Phi) is 4.97. The molecule has 0 fully saturated rings. The molecule has 0 aliphatic heterocycles. The van der Waals surface area contributed by atoms with Crippen molar-refractivity contribution >= 4 is 0 Å². The first kappa shape index (κ1) is 14.5. The summed E-state index contributed by atoms with van der Waals surface area (Å²) < 4.78 is 17.7. The molecular weight excluding hydrogens is 240 g/mol. The Bertz CT molecular complexity index is 386. The van der Waals surface area contributed by atoms with E-state index in [1.165, 1.54) is 11.1 Å². The molecule has 0 aromatic heterocycles. The molecule has 1 aliphatic carbocycles. The van der Waals surface area contributed by atoms with Gasteiger partial charge in [0.15, 0.2) is 0 Å². The Hall–Kier alpha value is -0.900. The second-order valence-electron chi connectivity index (χ2n) is 4.69. The van der Waals surface area contributed by atoms with Crippen molar-refractivity contribution in [3.63, 3.8) is 0 Å². The van der Waals surface area contributed by atoms with Crippen molar-refractivity contribution in [2.45, 2.75) is 45.5 Å². The fourth-order valence-corrected chi connectivity index (χ4v) is 2.95. The largest absolute Gasteiger partial charge is 0.327 e. The molecule has 19 heavy (non-hydrogen) atoms. The molecule has 1 aromatic rings. The molecule has 3 heteroatoms. The van der Waals surface area contributed by atoms with Crippen LogP contribution >= 0.6 is 0 Å². The van der Waals surface area contributed by atoms with E-state index < -0.39 is 5.97 Å². The van der Waals surface area contributed by atoms with Crippen molar-refractivity contribution in [2.24, 2.45) is 0 Å². The van der Waals surface area contributed by atoms with E-state index in [-0.39, 0.29) is 5.92 Å². The average molecular weight is 264 g/mol. The molecule has 1 unspecified atom stereocenters. The lowest BCUT2D eigenvalue weighted by molar-refractivity contribution is -0.388. The van der Waals surface area contributed by atoms with Gasteiger partial charge in [-0.05, 0) is 44.7 Å². The molecular formula is C16H24O3. The van der Waals surface area contributed by atoms with Crippen LogP contribution in [0.5, 0.6) is 0 Å². The van der Waals surface area contributed by atoms with Crippen LogP contribution in [0.2, 0.25) is 0 Å². The van der Waals surface area contributed by atoms with Crippen molar-refractivity contribution < 1.29 is 14.2 Å². The van der Waals surface area contributed by atoms with Crippen molar-refractivity contribution in [3.05, 3.63) is 35.4 Å². The summed E-state index contributed by atoms with van der Waals surface area (Å²) in [7, 11) is 0. The Morgan fingerprint density at radius 2 is 1.58 bits per heavy atom. The summed E-state index contributed by atoms with van der Waals surface area (Å²) in [6.45, 7) is 7.69. The number of hydrogen-bond donors (Lipinski definition) is 0. The highest BCUT2D eigenvalue weighted by Crippen LogP contribution is 2.43. The second kappa shape index (κ2) is 6.51. The molecule has 0 amide bonds. The highest BCUT2D eigenvalue weighted by atomic mass is 16.9. The van der Waals surface area contributed by atoms with Crippen LogP contribution in [0.3, 0.4) is 0 Å². The molecule has 3 nitrogen and oxygen atoms in total. The number of benzene rings is 1. The minimum absolute atomic E-state index is 0.156. The monoisotopic (exact) mass is 264 g/mol. The second-order valence-corrected chi connectivity index (χ2v) is 4.69. The minimum atomic E-state index is -0.926. The topological polar surface area (TPSA) is 27.7 Å². The van der Waals surface area contributed by atoms with Gasteiger partial charge in [0.2, 0.25) is 0 Å². The normalized spacial score (nSPS) is 18.6. The summed E-state index contributed by atoms with van der Waals surface area (Å²) in [5.74, 6) is -0.770. The number of aryl methyl sites for hydroxylation is 1. The lowest BCUT2D eigenvalue weighted by Crippen LogP contribution is -2.44. The standard InChI is InChI=1S/C16H24O3/c1-4-17-16(18-5-2,19-6-3)15-12-11-13-9-7-8-10-14(13)15/h7-10,15H,4-6,11-12H2,1-3H3. The molecule has 1 aliphatic rings. The van der Waals surface area contributed by atoms with Gasteiger partial charge in [-0.2, -0.15) is 0 Å². The van der Waals surface area contributed by atoms with Crippen LogP contribution in [0.25, 0.3) is 0 Å². The van der Waals surface area contributed by atoms with Crippen molar-refractivity contribution in [2.75, 3.05) is 19.8 Å². The molecule has 0 heterocycles. The lowest BCUT2D eigenvalue weighted by atomic mass is 9.98. The smallest absolute Gasteiger partial charge is 0.290 e. The van der Waals surface area contributed by atoms with E-state index in [4.69, 9.17) is 14.2 Å². The van der Waals surface area contributed by atoms with Crippen LogP contribution in [0, 0.1) is 0 Å². The molecule has 0 saturated carbocycles. The summed E-state index contributed by atoms with van der Waals surface area (Å²) in [5.41, 5.74) is 2.69. The summed E-state index contributed by atoms with van der Waals surface area (Å²) in [5, 5.41) is 0. The summed E-state index contributed by atoms with van der Waals surface area (Å²) in [4.78, 5) is 0. The highest BCUT2D eigenvalue weighted by Gasteiger charge is 2.45. The van der Waals surface area contributed by atoms with E-state index in [1.807, 2.05) is 20.8 Å². The van der Waals surface area contributed by atoms with E-state index in [9.17, 15) is 0 Å². The molecule has 1 aromatic carbocycles. The number of fused-ring (bicyclic) bond motifs is 1. The number of ether oxygens (including phenoxy) is 3. The van der Waals surface area contributed by atoms with Crippen LogP contribution in [0.15, 0.2) is 24.3 Å². The van der Waals surface area contributed by atoms with Gasteiger partial charge >= 0.3 is 0 Å². The SMILES string of the molecule is CCOC(OCC)(OCC)C1CCc2ccccc21. The summed E-state index contributed by atoms with van der Waals surface area (Å²) >= 11 is 0. The van der Waals surface area contributed by atoms with Gasteiger partial charge in [-0.3, -0.25) is 0 Å². The number of rotatable bonds is 7. The maximum atomic E-state index is 5.91. The molecule has 106 valence electrons. The van der Waals surface area contributed by atoms with Gasteiger partial charge in [0.25, 0.3) is 5.97 Å². The summed E-state index contributed by atoms with van der Waals surface area (Å²) in [6, 6.07) is 8.51. The first-order valence-corrected chi connectivity index (χ1v) is 7.27. The third-order valence-electron chi connectivity index (χ3n) is 3.60. The molecule has 0 spiro atoms. The van der Waals surface area contributed by atoms with E-state index >= 15 is 0 Å². The minimum Gasteiger partial charge on any atom is -0.327 e. The zero-order chi connectivity index (χ0) is 13.7. The first-order valence-electron chi connectivity index (χ1n) is 7.27. The fourth-order valence-electron chi connectivity index (χ4n) is 2.95. The van der Waals surface area contributed by atoms with Crippen LogP contribution in [0.1, 0.15) is 44.2 Å². The highest BCUT2D eigenvalue weighted by molar-refractivity contribution is 5.36. The average Bonchev–Trinajstić information content (AvgIpc) is 2.84. The van der Waals surface area contributed by atoms with Crippen LogP contribution in [-0.2, 0) is 20.6 Å². The van der Waals surface area contributed by atoms with Gasteiger partial charge in [0.1, 0.15) is 0 Å².